The van der Waals surface area contributed by atoms with Gasteiger partial charge in [-0.15, -0.1) is 4.21 Å². The Morgan fingerprint density at radius 1 is 1.44 bits per heavy atom. The SMILES string of the molecule is O=[S+]1([O-])CCC(N=CC2=C(Cl)CCCC2)C1. The summed E-state index contributed by atoms with van der Waals surface area (Å²) in [7, 11) is -2.82. The Labute approximate surface area is 102 Å². The van der Waals surface area contributed by atoms with Gasteiger partial charge in [0.15, 0.2) is 0 Å². The van der Waals surface area contributed by atoms with Crippen molar-refractivity contribution in [1.82, 2.24) is 0 Å². The predicted octanol–water partition coefficient (Wildman–Crippen LogP) is 2.53. The molecule has 0 aromatic heterocycles. The molecule has 0 spiro atoms. The molecule has 1 heterocycles. The molecule has 2 aliphatic rings. The second-order valence-corrected chi connectivity index (χ2v) is 7.16. The summed E-state index contributed by atoms with van der Waals surface area (Å²) in [5.41, 5.74) is 1.09. The standard InChI is InChI=1S/C11H16ClNO2S/c12-11-4-2-1-3-9(11)7-13-10-5-6-16(14,15)8-10/h7,10H,1-6,8H2. The van der Waals surface area contributed by atoms with Gasteiger partial charge in [-0.3, -0.25) is 4.99 Å². The Hall–Kier alpha value is -0.190. The molecule has 1 saturated heterocycles. The summed E-state index contributed by atoms with van der Waals surface area (Å²) < 4.78 is 22.5. The van der Waals surface area contributed by atoms with Crippen LogP contribution in [0.4, 0.5) is 0 Å². The second kappa shape index (κ2) is 4.98. The van der Waals surface area contributed by atoms with Crippen molar-refractivity contribution in [2.45, 2.75) is 38.1 Å². The number of hydrogen-bond acceptors (Lipinski definition) is 3. The van der Waals surface area contributed by atoms with Crippen molar-refractivity contribution in [2.75, 3.05) is 11.5 Å². The third-order valence-electron chi connectivity index (χ3n) is 3.09. The molecule has 90 valence electrons. The van der Waals surface area contributed by atoms with Gasteiger partial charge in [-0.25, -0.2) is 0 Å². The second-order valence-electron chi connectivity index (χ2n) is 4.47. The van der Waals surface area contributed by atoms with E-state index in [4.69, 9.17) is 11.6 Å². The van der Waals surface area contributed by atoms with Crippen molar-refractivity contribution in [3.8, 4) is 0 Å². The quantitative estimate of drug-likeness (QED) is 0.567. The highest BCUT2D eigenvalue weighted by Crippen LogP contribution is 2.27. The van der Waals surface area contributed by atoms with Crippen molar-refractivity contribution in [3.05, 3.63) is 10.6 Å². The number of aliphatic imine (C=N–C) groups is 1. The molecule has 0 aromatic carbocycles. The molecule has 2 rings (SSSR count). The van der Waals surface area contributed by atoms with E-state index in [9.17, 15) is 8.76 Å². The Morgan fingerprint density at radius 2 is 2.19 bits per heavy atom. The molecule has 0 aromatic rings. The maximum Gasteiger partial charge on any atom is 0.131 e. The van der Waals surface area contributed by atoms with E-state index in [0.717, 1.165) is 36.3 Å². The lowest BCUT2D eigenvalue weighted by atomic mass is 10.0. The summed E-state index contributed by atoms with van der Waals surface area (Å²) in [6.45, 7) is 0. The summed E-state index contributed by atoms with van der Waals surface area (Å²) in [6, 6.07) is -0.0520. The topological polar surface area (TPSA) is 52.5 Å². The normalized spacial score (nSPS) is 36.2. The molecular weight excluding hydrogens is 246 g/mol. The Kier molecular flexibility index (Phi) is 3.82. The van der Waals surface area contributed by atoms with E-state index in [2.05, 4.69) is 4.99 Å². The van der Waals surface area contributed by atoms with Crippen molar-refractivity contribution in [3.63, 3.8) is 0 Å². The number of sulfone groups is 1. The van der Waals surface area contributed by atoms with E-state index in [-0.39, 0.29) is 17.5 Å². The molecule has 1 aliphatic carbocycles. The van der Waals surface area contributed by atoms with E-state index in [0.29, 0.717) is 6.42 Å². The Morgan fingerprint density at radius 3 is 2.81 bits per heavy atom. The average molecular weight is 262 g/mol. The number of nitrogens with zero attached hydrogens (tertiary/aromatic N) is 1. The number of rotatable bonds is 2. The van der Waals surface area contributed by atoms with Crippen LogP contribution in [-0.4, -0.2) is 28.3 Å². The molecule has 1 aliphatic heterocycles. The molecule has 2 unspecified atom stereocenters. The molecule has 0 bridgehead atoms. The first-order valence-corrected chi connectivity index (χ1v) is 7.88. The smallest absolute Gasteiger partial charge is 0.131 e. The van der Waals surface area contributed by atoms with Gasteiger partial charge in [0.25, 0.3) is 0 Å². The molecule has 0 radical (unpaired) electrons. The molecule has 0 N–H and O–H groups in total. The largest absolute Gasteiger partial charge is 0.615 e. The zero-order valence-corrected chi connectivity index (χ0v) is 10.7. The lowest BCUT2D eigenvalue weighted by Gasteiger charge is -2.12. The summed E-state index contributed by atoms with van der Waals surface area (Å²) in [6.07, 6.45) is 6.67. The van der Waals surface area contributed by atoms with Crippen LogP contribution < -0.4 is 0 Å². The van der Waals surface area contributed by atoms with E-state index < -0.39 is 10.2 Å². The van der Waals surface area contributed by atoms with Gasteiger partial charge in [0, 0.05) is 27.9 Å². The third kappa shape index (κ3) is 3.15. The van der Waals surface area contributed by atoms with Crippen LogP contribution in [0.3, 0.4) is 0 Å². The first-order chi connectivity index (χ1) is 7.57. The molecular formula is C11H16ClNO2S. The van der Waals surface area contributed by atoms with Gasteiger partial charge >= 0.3 is 0 Å². The fraction of sp³-hybridized carbons (Fsp3) is 0.727. The highest BCUT2D eigenvalue weighted by Gasteiger charge is 2.31. The van der Waals surface area contributed by atoms with Gasteiger partial charge in [0.05, 0.1) is 6.04 Å². The summed E-state index contributed by atoms with van der Waals surface area (Å²) >= 11 is 6.09. The zero-order chi connectivity index (χ0) is 11.6. The molecule has 3 nitrogen and oxygen atoms in total. The molecule has 2 atom stereocenters. The Bertz CT molecular complexity index is 378. The molecule has 5 heteroatoms. The van der Waals surface area contributed by atoms with Crippen LogP contribution in [0.25, 0.3) is 0 Å². The molecule has 0 saturated carbocycles. The van der Waals surface area contributed by atoms with Crippen LogP contribution in [0.15, 0.2) is 15.6 Å². The molecule has 1 fully saturated rings. The number of hydrogen-bond donors (Lipinski definition) is 0. The summed E-state index contributed by atoms with van der Waals surface area (Å²) in [5, 5.41) is 0.899. The highest BCUT2D eigenvalue weighted by molar-refractivity contribution is 7.97. The van der Waals surface area contributed by atoms with Crippen LogP contribution in [-0.2, 0) is 14.4 Å². The maximum absolute atomic E-state index is 11.2. The summed E-state index contributed by atoms with van der Waals surface area (Å²) in [5.74, 6) is 0.482. The first-order valence-electron chi connectivity index (χ1n) is 5.68. The van der Waals surface area contributed by atoms with E-state index in [1.54, 1.807) is 6.21 Å². The summed E-state index contributed by atoms with van der Waals surface area (Å²) in [4.78, 5) is 4.35. The van der Waals surface area contributed by atoms with Crippen LogP contribution >= 0.6 is 11.6 Å². The number of allylic oxidation sites excluding steroid dienone is 2. The van der Waals surface area contributed by atoms with Crippen LogP contribution in [0.2, 0.25) is 0 Å². The van der Waals surface area contributed by atoms with Gasteiger partial charge in [-0.2, -0.15) is 0 Å². The lowest BCUT2D eigenvalue weighted by molar-refractivity contribution is 0.484. The monoisotopic (exact) mass is 261 g/mol. The minimum Gasteiger partial charge on any atom is -0.615 e. The van der Waals surface area contributed by atoms with Gasteiger partial charge in [0.2, 0.25) is 0 Å². The average Bonchev–Trinajstić information content (AvgIpc) is 2.57. The van der Waals surface area contributed by atoms with E-state index >= 15 is 0 Å². The number of halogens is 1. The fourth-order valence-corrected chi connectivity index (χ4v) is 4.03. The minimum absolute atomic E-state index is 0.0520. The zero-order valence-electron chi connectivity index (χ0n) is 9.15. The minimum atomic E-state index is -2.82. The van der Waals surface area contributed by atoms with Crippen LogP contribution in [0.5, 0.6) is 0 Å². The fourth-order valence-electron chi connectivity index (χ4n) is 2.11. The van der Waals surface area contributed by atoms with E-state index in [1.165, 1.54) is 0 Å². The maximum atomic E-state index is 11.2. The van der Waals surface area contributed by atoms with Gasteiger partial charge in [-0.05, 0) is 31.3 Å². The lowest BCUT2D eigenvalue weighted by Crippen LogP contribution is -2.14. The first kappa shape index (κ1) is 12.3. The molecule has 16 heavy (non-hydrogen) atoms. The van der Waals surface area contributed by atoms with Gasteiger partial charge < -0.3 is 4.55 Å². The van der Waals surface area contributed by atoms with Crippen molar-refractivity contribution in [2.24, 2.45) is 4.99 Å². The molecule has 0 amide bonds. The van der Waals surface area contributed by atoms with Crippen LogP contribution in [0.1, 0.15) is 32.1 Å². The van der Waals surface area contributed by atoms with Crippen LogP contribution in [0, 0.1) is 0 Å². The Balaban J connectivity index is 1.97. The van der Waals surface area contributed by atoms with Gasteiger partial charge in [-0.1, -0.05) is 11.6 Å². The predicted molar refractivity (Wildman–Crippen MR) is 66.8 cm³/mol. The van der Waals surface area contributed by atoms with Crippen molar-refractivity contribution in [1.29, 1.82) is 0 Å². The van der Waals surface area contributed by atoms with E-state index in [1.807, 2.05) is 0 Å². The highest BCUT2D eigenvalue weighted by atomic mass is 35.5. The van der Waals surface area contributed by atoms with Crippen molar-refractivity contribution >= 4 is 28.0 Å². The van der Waals surface area contributed by atoms with Crippen molar-refractivity contribution < 1.29 is 8.76 Å². The van der Waals surface area contributed by atoms with Gasteiger partial charge in [0.1, 0.15) is 11.5 Å². The third-order valence-corrected chi connectivity index (χ3v) is 5.27.